The lowest BCUT2D eigenvalue weighted by Gasteiger charge is -2.07. The van der Waals surface area contributed by atoms with Gasteiger partial charge in [0.05, 0.1) is 33.4 Å². The van der Waals surface area contributed by atoms with Crippen LogP contribution in [0.15, 0.2) is 41.8 Å². The molecule has 0 aliphatic rings. The highest BCUT2D eigenvalue weighted by molar-refractivity contribution is 7.15. The van der Waals surface area contributed by atoms with Crippen LogP contribution in [-0.2, 0) is 0 Å². The molecule has 28 heavy (non-hydrogen) atoms. The Morgan fingerprint density at radius 1 is 1.11 bits per heavy atom. The van der Waals surface area contributed by atoms with Crippen molar-refractivity contribution < 1.29 is 9.53 Å². The minimum absolute atomic E-state index is 0.0735. The molecule has 0 spiro atoms. The summed E-state index contributed by atoms with van der Waals surface area (Å²) in [5.41, 5.74) is 1.86. The van der Waals surface area contributed by atoms with Gasteiger partial charge in [-0.05, 0) is 36.4 Å². The normalized spacial score (nSPS) is 11.0. The van der Waals surface area contributed by atoms with Gasteiger partial charge in [0, 0.05) is 10.9 Å². The fourth-order valence-electron chi connectivity index (χ4n) is 2.59. The number of ether oxygens (including phenoxy) is 1. The Bertz CT molecular complexity index is 1190. The molecule has 0 fully saturated rings. The molecule has 0 saturated heterocycles. The summed E-state index contributed by atoms with van der Waals surface area (Å²) in [4.78, 5) is 17.6. The third kappa shape index (κ3) is 3.42. The SMILES string of the molecule is COc1ccc(-c2csc3nc(NC(=O)c4c(Cl)ccc(Cl)c4Cl)nn23)cc1. The van der Waals surface area contributed by atoms with Crippen LogP contribution in [-0.4, -0.2) is 27.6 Å². The predicted octanol–water partition coefficient (Wildman–Crippen LogP) is 5.68. The van der Waals surface area contributed by atoms with Gasteiger partial charge in [-0.1, -0.05) is 34.8 Å². The number of benzene rings is 2. The molecule has 0 aliphatic carbocycles. The zero-order valence-electron chi connectivity index (χ0n) is 14.2. The van der Waals surface area contributed by atoms with Gasteiger partial charge < -0.3 is 4.74 Å². The van der Waals surface area contributed by atoms with Gasteiger partial charge in [-0.15, -0.1) is 16.4 Å². The highest BCUT2D eigenvalue weighted by Crippen LogP contribution is 2.32. The Morgan fingerprint density at radius 2 is 1.82 bits per heavy atom. The maximum atomic E-state index is 12.6. The third-order valence-corrected chi connectivity index (χ3v) is 5.90. The van der Waals surface area contributed by atoms with E-state index in [0.29, 0.717) is 4.96 Å². The highest BCUT2D eigenvalue weighted by atomic mass is 35.5. The molecule has 1 amide bonds. The number of thiazole rings is 1. The molecule has 4 aromatic rings. The molecule has 0 saturated carbocycles. The topological polar surface area (TPSA) is 68.5 Å². The molecule has 1 N–H and O–H groups in total. The number of methoxy groups -OCH3 is 1. The Morgan fingerprint density at radius 3 is 2.54 bits per heavy atom. The Hall–Kier alpha value is -2.32. The van der Waals surface area contributed by atoms with Crippen molar-refractivity contribution in [2.45, 2.75) is 0 Å². The lowest BCUT2D eigenvalue weighted by atomic mass is 10.2. The molecule has 4 rings (SSSR count). The second kappa shape index (κ2) is 7.60. The van der Waals surface area contributed by atoms with E-state index in [1.54, 1.807) is 11.6 Å². The van der Waals surface area contributed by atoms with E-state index < -0.39 is 5.91 Å². The van der Waals surface area contributed by atoms with E-state index in [2.05, 4.69) is 15.4 Å². The lowest BCUT2D eigenvalue weighted by Crippen LogP contribution is -2.14. The molecule has 142 valence electrons. The first-order chi connectivity index (χ1) is 13.5. The molecule has 2 heterocycles. The third-order valence-electron chi connectivity index (χ3n) is 3.96. The number of nitrogens with zero attached hydrogens (tertiary/aromatic N) is 3. The molecule has 2 aromatic carbocycles. The van der Waals surface area contributed by atoms with Gasteiger partial charge in [0.25, 0.3) is 11.9 Å². The summed E-state index contributed by atoms with van der Waals surface area (Å²) < 4.78 is 6.84. The smallest absolute Gasteiger partial charge is 0.261 e. The molecule has 0 bridgehead atoms. The lowest BCUT2D eigenvalue weighted by molar-refractivity contribution is 0.102. The van der Waals surface area contributed by atoms with E-state index in [1.807, 2.05) is 29.6 Å². The van der Waals surface area contributed by atoms with E-state index in [9.17, 15) is 4.79 Å². The first kappa shape index (κ1) is 19.0. The van der Waals surface area contributed by atoms with Crippen molar-refractivity contribution in [2.75, 3.05) is 12.4 Å². The van der Waals surface area contributed by atoms with Crippen LogP contribution in [0.3, 0.4) is 0 Å². The summed E-state index contributed by atoms with van der Waals surface area (Å²) in [6.45, 7) is 0. The maximum absolute atomic E-state index is 12.6. The highest BCUT2D eigenvalue weighted by Gasteiger charge is 2.20. The standard InChI is InChI=1S/C18H11Cl3N4O2S/c1-27-10-4-2-9(3-5-10)13-8-28-18-23-17(24-25(13)18)22-16(26)14-11(19)6-7-12(20)15(14)21/h2-8H,1H3,(H,22,24,26). The number of hydrogen-bond acceptors (Lipinski definition) is 5. The number of amides is 1. The zero-order valence-corrected chi connectivity index (χ0v) is 17.3. The van der Waals surface area contributed by atoms with E-state index in [0.717, 1.165) is 17.0 Å². The Labute approximate surface area is 178 Å². The molecule has 0 aliphatic heterocycles. The summed E-state index contributed by atoms with van der Waals surface area (Å²) in [6, 6.07) is 10.6. The first-order valence-electron chi connectivity index (χ1n) is 7.91. The number of carbonyl (C=O) groups is 1. The molecule has 0 unspecified atom stereocenters. The van der Waals surface area contributed by atoms with Crippen LogP contribution in [0.2, 0.25) is 15.1 Å². The fourth-order valence-corrected chi connectivity index (χ4v) is 4.12. The molecule has 0 atom stereocenters. The van der Waals surface area contributed by atoms with Gasteiger partial charge in [0.15, 0.2) is 0 Å². The van der Waals surface area contributed by atoms with Crippen molar-refractivity contribution in [3.8, 4) is 17.0 Å². The van der Waals surface area contributed by atoms with E-state index >= 15 is 0 Å². The zero-order chi connectivity index (χ0) is 19.8. The Kier molecular flexibility index (Phi) is 5.16. The quantitative estimate of drug-likeness (QED) is 0.404. The van der Waals surface area contributed by atoms with Gasteiger partial charge >= 0.3 is 0 Å². The van der Waals surface area contributed by atoms with Crippen molar-refractivity contribution in [2.24, 2.45) is 0 Å². The van der Waals surface area contributed by atoms with E-state index in [-0.39, 0.29) is 26.6 Å². The minimum atomic E-state index is -0.540. The Balaban J connectivity index is 1.65. The van der Waals surface area contributed by atoms with Crippen molar-refractivity contribution in [1.29, 1.82) is 0 Å². The van der Waals surface area contributed by atoms with Gasteiger partial charge in [-0.25, -0.2) is 4.52 Å². The number of fused-ring (bicyclic) bond motifs is 1. The van der Waals surface area contributed by atoms with E-state index in [1.165, 1.54) is 23.5 Å². The summed E-state index contributed by atoms with van der Waals surface area (Å²) in [5.74, 6) is 0.359. The number of anilines is 1. The second-order valence-electron chi connectivity index (χ2n) is 5.65. The number of aromatic nitrogens is 3. The molecule has 2 aromatic heterocycles. The molecule has 6 nitrogen and oxygen atoms in total. The molecular weight excluding hydrogens is 443 g/mol. The van der Waals surface area contributed by atoms with Crippen LogP contribution >= 0.6 is 46.1 Å². The van der Waals surface area contributed by atoms with Crippen LogP contribution in [0.5, 0.6) is 5.75 Å². The predicted molar refractivity (Wildman–Crippen MR) is 112 cm³/mol. The van der Waals surface area contributed by atoms with Gasteiger partial charge in [-0.3, -0.25) is 10.1 Å². The van der Waals surface area contributed by atoms with Crippen LogP contribution in [0.25, 0.3) is 16.2 Å². The summed E-state index contributed by atoms with van der Waals surface area (Å²) in [5, 5.41) is 9.42. The average molecular weight is 454 g/mol. The average Bonchev–Trinajstić information content (AvgIpc) is 3.25. The number of carbonyl (C=O) groups excluding carboxylic acids is 1. The van der Waals surface area contributed by atoms with Crippen molar-refractivity contribution in [1.82, 2.24) is 14.6 Å². The largest absolute Gasteiger partial charge is 0.497 e. The van der Waals surface area contributed by atoms with Crippen LogP contribution in [0, 0.1) is 0 Å². The van der Waals surface area contributed by atoms with Crippen LogP contribution in [0.4, 0.5) is 5.95 Å². The number of halogens is 3. The van der Waals surface area contributed by atoms with Gasteiger partial charge in [0.2, 0.25) is 4.96 Å². The molecule has 0 radical (unpaired) electrons. The summed E-state index contributed by atoms with van der Waals surface area (Å²) in [6.07, 6.45) is 0. The van der Waals surface area contributed by atoms with Crippen LogP contribution in [0.1, 0.15) is 10.4 Å². The minimum Gasteiger partial charge on any atom is -0.497 e. The van der Waals surface area contributed by atoms with Crippen molar-refractivity contribution in [3.63, 3.8) is 0 Å². The second-order valence-corrected chi connectivity index (χ2v) is 7.68. The number of nitrogens with one attached hydrogen (secondary N) is 1. The molecule has 10 heteroatoms. The van der Waals surface area contributed by atoms with Crippen LogP contribution < -0.4 is 10.1 Å². The van der Waals surface area contributed by atoms with Gasteiger partial charge in [-0.2, -0.15) is 4.98 Å². The maximum Gasteiger partial charge on any atom is 0.261 e. The van der Waals surface area contributed by atoms with Crippen molar-refractivity contribution in [3.05, 3.63) is 62.4 Å². The summed E-state index contributed by atoms with van der Waals surface area (Å²) in [7, 11) is 1.61. The fraction of sp³-hybridized carbons (Fsp3) is 0.0556. The van der Waals surface area contributed by atoms with E-state index in [4.69, 9.17) is 39.5 Å². The first-order valence-corrected chi connectivity index (χ1v) is 9.93. The number of rotatable bonds is 4. The number of hydrogen-bond donors (Lipinski definition) is 1. The van der Waals surface area contributed by atoms with Gasteiger partial charge in [0.1, 0.15) is 5.75 Å². The van der Waals surface area contributed by atoms with Crippen molar-refractivity contribution >= 4 is 63.0 Å². The summed E-state index contributed by atoms with van der Waals surface area (Å²) >= 11 is 19.6. The molecular formula is C18H11Cl3N4O2S. The monoisotopic (exact) mass is 452 g/mol.